The van der Waals surface area contributed by atoms with Crippen molar-refractivity contribution in [3.63, 3.8) is 0 Å². The van der Waals surface area contributed by atoms with Crippen molar-refractivity contribution in [1.82, 2.24) is 15.5 Å². The molecule has 0 saturated carbocycles. The summed E-state index contributed by atoms with van der Waals surface area (Å²) in [5.41, 5.74) is 2.47. The van der Waals surface area contributed by atoms with Crippen molar-refractivity contribution >= 4 is 23.5 Å². The van der Waals surface area contributed by atoms with Gasteiger partial charge in [0.25, 0.3) is 5.91 Å². The van der Waals surface area contributed by atoms with E-state index < -0.39 is 35.5 Å². The third-order valence-electron chi connectivity index (χ3n) is 5.77. The summed E-state index contributed by atoms with van der Waals surface area (Å²) < 4.78 is 0. The highest BCUT2D eigenvalue weighted by atomic mass is 16.2. The maximum absolute atomic E-state index is 13.3. The first kappa shape index (κ1) is 22.9. The molecule has 0 bridgehead atoms. The van der Waals surface area contributed by atoms with E-state index in [0.717, 1.165) is 16.7 Å². The van der Waals surface area contributed by atoms with E-state index in [9.17, 15) is 19.2 Å². The van der Waals surface area contributed by atoms with Crippen LogP contribution < -0.4 is 10.6 Å². The topological polar surface area (TPSA) is 95.6 Å². The number of benzene rings is 3. The zero-order chi connectivity index (χ0) is 23.9. The van der Waals surface area contributed by atoms with E-state index in [-0.39, 0.29) is 19.6 Å². The molecule has 0 radical (unpaired) electrons. The van der Waals surface area contributed by atoms with Crippen LogP contribution in [0.3, 0.4) is 0 Å². The smallest absolute Gasteiger partial charge is 0.291 e. The van der Waals surface area contributed by atoms with Gasteiger partial charge < -0.3 is 15.5 Å². The number of ketones is 1. The Kier molecular flexibility index (Phi) is 7.13. The van der Waals surface area contributed by atoms with Gasteiger partial charge in [-0.3, -0.25) is 19.2 Å². The normalized spacial score (nSPS) is 17.5. The fourth-order valence-corrected chi connectivity index (χ4v) is 4.01. The molecule has 4 rings (SSSR count). The average Bonchev–Trinajstić information content (AvgIpc) is 3.13. The highest BCUT2D eigenvalue weighted by Gasteiger charge is 2.54. The summed E-state index contributed by atoms with van der Waals surface area (Å²) in [7, 11) is 0. The van der Waals surface area contributed by atoms with Crippen molar-refractivity contribution in [3.05, 3.63) is 108 Å². The summed E-state index contributed by atoms with van der Waals surface area (Å²) >= 11 is 0. The molecule has 0 aromatic heterocycles. The molecule has 1 saturated heterocycles. The predicted octanol–water partition coefficient (Wildman–Crippen LogP) is 2.22. The second-order valence-electron chi connectivity index (χ2n) is 8.11. The standard InChI is InChI=1S/C27H25N3O4/c31-24-22(25(32)28-16-19-10-4-1-5-11-19)23(26(33)29-17-20-12-6-2-7-13-20)30(27(24)34)18-21-14-8-3-9-15-21/h1-15,22-23H,16-18H2,(H,28,32)(H,29,33). The first-order valence-corrected chi connectivity index (χ1v) is 11.1. The van der Waals surface area contributed by atoms with Gasteiger partial charge in [-0.15, -0.1) is 0 Å². The SMILES string of the molecule is O=C(NCc1ccccc1)C1C(=O)C(=O)N(Cc2ccccc2)C1C(=O)NCc1ccccc1. The summed E-state index contributed by atoms with van der Waals surface area (Å²) in [5, 5.41) is 5.51. The summed E-state index contributed by atoms with van der Waals surface area (Å²) in [6.07, 6.45) is 0. The molecule has 2 atom stereocenters. The molecular formula is C27H25N3O4. The maximum atomic E-state index is 13.3. The molecule has 1 aliphatic rings. The Bertz CT molecular complexity index is 1170. The first-order chi connectivity index (χ1) is 16.5. The van der Waals surface area contributed by atoms with E-state index >= 15 is 0 Å². The largest absolute Gasteiger partial charge is 0.351 e. The second kappa shape index (κ2) is 10.6. The number of likely N-dealkylation sites (tertiary alicyclic amines) is 1. The summed E-state index contributed by atoms with van der Waals surface area (Å²) in [5.74, 6) is -4.31. The van der Waals surface area contributed by atoms with Gasteiger partial charge in [0.2, 0.25) is 17.6 Å². The lowest BCUT2D eigenvalue weighted by molar-refractivity contribution is -0.142. The molecule has 3 aromatic carbocycles. The average molecular weight is 456 g/mol. The van der Waals surface area contributed by atoms with Crippen molar-refractivity contribution in [2.45, 2.75) is 25.7 Å². The lowest BCUT2D eigenvalue weighted by Gasteiger charge is -2.26. The first-order valence-electron chi connectivity index (χ1n) is 11.1. The minimum atomic E-state index is -1.42. The van der Waals surface area contributed by atoms with Crippen molar-refractivity contribution in [1.29, 1.82) is 0 Å². The maximum Gasteiger partial charge on any atom is 0.291 e. The monoisotopic (exact) mass is 455 g/mol. The predicted molar refractivity (Wildman–Crippen MR) is 126 cm³/mol. The minimum Gasteiger partial charge on any atom is -0.351 e. The number of hydrogen-bond donors (Lipinski definition) is 2. The van der Waals surface area contributed by atoms with E-state index in [1.54, 1.807) is 12.1 Å². The van der Waals surface area contributed by atoms with Gasteiger partial charge in [0.1, 0.15) is 12.0 Å². The van der Waals surface area contributed by atoms with Gasteiger partial charge in [-0.05, 0) is 16.7 Å². The van der Waals surface area contributed by atoms with Gasteiger partial charge in [-0.25, -0.2) is 0 Å². The lowest BCUT2D eigenvalue weighted by atomic mass is 9.96. The van der Waals surface area contributed by atoms with E-state index in [0.29, 0.717) is 0 Å². The molecule has 7 heteroatoms. The molecule has 2 N–H and O–H groups in total. The number of carbonyl (C=O) groups is 4. The van der Waals surface area contributed by atoms with Crippen LogP contribution in [0.1, 0.15) is 16.7 Å². The molecule has 0 spiro atoms. The van der Waals surface area contributed by atoms with Crippen LogP contribution in [0.4, 0.5) is 0 Å². The number of rotatable bonds is 8. The van der Waals surface area contributed by atoms with Crippen LogP contribution in [0.15, 0.2) is 91.0 Å². The molecule has 1 heterocycles. The second-order valence-corrected chi connectivity index (χ2v) is 8.11. The molecule has 3 amide bonds. The van der Waals surface area contributed by atoms with Crippen molar-refractivity contribution in [3.8, 4) is 0 Å². The summed E-state index contributed by atoms with van der Waals surface area (Å²) in [4.78, 5) is 53.4. The molecule has 2 unspecified atom stereocenters. The molecular weight excluding hydrogens is 430 g/mol. The van der Waals surface area contributed by atoms with Crippen LogP contribution >= 0.6 is 0 Å². The molecule has 172 valence electrons. The molecule has 7 nitrogen and oxygen atoms in total. The van der Waals surface area contributed by atoms with Gasteiger partial charge in [0, 0.05) is 19.6 Å². The Morgan fingerprint density at radius 3 is 1.59 bits per heavy atom. The van der Waals surface area contributed by atoms with Gasteiger partial charge in [-0.2, -0.15) is 0 Å². The Morgan fingerprint density at radius 1 is 0.647 bits per heavy atom. The van der Waals surface area contributed by atoms with Crippen LogP contribution in [0, 0.1) is 5.92 Å². The van der Waals surface area contributed by atoms with E-state index in [1.165, 1.54) is 4.90 Å². The van der Waals surface area contributed by atoms with Gasteiger partial charge >= 0.3 is 0 Å². The van der Waals surface area contributed by atoms with E-state index in [2.05, 4.69) is 10.6 Å². The van der Waals surface area contributed by atoms with Crippen LogP contribution in [-0.2, 0) is 38.8 Å². The highest BCUT2D eigenvalue weighted by molar-refractivity contribution is 6.44. The number of amides is 3. The van der Waals surface area contributed by atoms with Crippen LogP contribution in [0.2, 0.25) is 0 Å². The summed E-state index contributed by atoms with van der Waals surface area (Å²) in [6, 6.07) is 26.3. The van der Waals surface area contributed by atoms with E-state index in [1.807, 2.05) is 78.9 Å². The third-order valence-corrected chi connectivity index (χ3v) is 5.77. The Balaban J connectivity index is 1.56. The lowest BCUT2D eigenvalue weighted by Crippen LogP contribution is -2.50. The van der Waals surface area contributed by atoms with Crippen LogP contribution in [0.5, 0.6) is 0 Å². The number of nitrogens with one attached hydrogen (secondary N) is 2. The summed E-state index contributed by atoms with van der Waals surface area (Å²) in [6.45, 7) is 0.460. The number of nitrogens with zero attached hydrogens (tertiary/aromatic N) is 1. The molecule has 34 heavy (non-hydrogen) atoms. The number of hydrogen-bond acceptors (Lipinski definition) is 4. The fourth-order valence-electron chi connectivity index (χ4n) is 4.01. The Hall–Kier alpha value is -4.26. The van der Waals surface area contributed by atoms with E-state index in [4.69, 9.17) is 0 Å². The van der Waals surface area contributed by atoms with Crippen molar-refractivity contribution < 1.29 is 19.2 Å². The molecule has 3 aromatic rings. The molecule has 1 fully saturated rings. The Labute approximate surface area is 197 Å². The van der Waals surface area contributed by atoms with Gasteiger partial charge in [0.05, 0.1) is 0 Å². The van der Waals surface area contributed by atoms with Gasteiger partial charge in [-0.1, -0.05) is 91.0 Å². The number of carbonyl (C=O) groups excluding carboxylic acids is 4. The highest BCUT2D eigenvalue weighted by Crippen LogP contribution is 2.26. The zero-order valence-electron chi connectivity index (χ0n) is 18.5. The zero-order valence-corrected chi connectivity index (χ0v) is 18.5. The minimum absolute atomic E-state index is 0.0529. The van der Waals surface area contributed by atoms with Crippen molar-refractivity contribution in [2.24, 2.45) is 5.92 Å². The molecule has 0 aliphatic carbocycles. The third kappa shape index (κ3) is 5.20. The van der Waals surface area contributed by atoms with Crippen molar-refractivity contribution in [2.75, 3.05) is 0 Å². The molecule has 1 aliphatic heterocycles. The van der Waals surface area contributed by atoms with Gasteiger partial charge in [0.15, 0.2) is 0 Å². The number of Topliss-reactive ketones (excluding diaryl/α,β-unsaturated/α-hetero) is 1. The quantitative estimate of drug-likeness (QED) is 0.402. The fraction of sp³-hybridized carbons (Fsp3) is 0.185. The van der Waals surface area contributed by atoms with Crippen LogP contribution in [0.25, 0.3) is 0 Å². The Morgan fingerprint density at radius 2 is 1.09 bits per heavy atom. The van der Waals surface area contributed by atoms with Crippen LogP contribution in [-0.4, -0.2) is 34.4 Å².